The van der Waals surface area contributed by atoms with Crippen LogP contribution in [0.25, 0.3) is 10.2 Å². The molecular formula is C22H23FN2O2S. The van der Waals surface area contributed by atoms with Crippen LogP contribution in [0.1, 0.15) is 29.5 Å². The number of nitrogens with zero attached hydrogens (tertiary/aromatic N) is 2. The molecule has 0 aliphatic carbocycles. The predicted molar refractivity (Wildman–Crippen MR) is 109 cm³/mol. The highest BCUT2D eigenvalue weighted by atomic mass is 32.1. The third kappa shape index (κ3) is 4.08. The molecule has 4 rings (SSSR count). The average Bonchev–Trinajstić information content (AvgIpc) is 3.15. The van der Waals surface area contributed by atoms with Crippen LogP contribution in [-0.2, 0) is 11.2 Å². The normalized spacial score (nSPS) is 20.4. The fourth-order valence-electron chi connectivity index (χ4n) is 3.81. The van der Waals surface area contributed by atoms with E-state index in [1.807, 2.05) is 12.1 Å². The zero-order valence-electron chi connectivity index (χ0n) is 15.8. The number of aldehydes is 1. The van der Waals surface area contributed by atoms with Crippen LogP contribution in [0.2, 0.25) is 0 Å². The minimum Gasteiger partial charge on any atom is -0.497 e. The summed E-state index contributed by atoms with van der Waals surface area (Å²) in [7, 11) is 1.67. The number of piperidine rings is 1. The SMILES string of the molecule is COc1ccc(CCN2CCC(C=O)CC2c2nc3ccc(F)cc3s2)cc1. The van der Waals surface area contributed by atoms with Gasteiger partial charge in [-0.05, 0) is 61.7 Å². The van der Waals surface area contributed by atoms with E-state index in [4.69, 9.17) is 9.72 Å². The summed E-state index contributed by atoms with van der Waals surface area (Å²) in [6.45, 7) is 1.77. The standard InChI is InChI=1S/C22H23FN2O2S/c1-27-18-5-2-15(3-6-18)8-10-25-11-9-16(14-26)12-20(25)22-24-19-7-4-17(23)13-21(19)28-22/h2-7,13-14,16,20H,8-12H2,1H3. The van der Waals surface area contributed by atoms with Crippen molar-refractivity contribution in [2.45, 2.75) is 25.3 Å². The molecule has 28 heavy (non-hydrogen) atoms. The molecule has 0 N–H and O–H groups in total. The molecule has 6 heteroatoms. The lowest BCUT2D eigenvalue weighted by Crippen LogP contribution is -2.38. The monoisotopic (exact) mass is 398 g/mol. The highest BCUT2D eigenvalue weighted by Crippen LogP contribution is 2.37. The maximum atomic E-state index is 13.6. The van der Waals surface area contributed by atoms with Gasteiger partial charge in [-0.2, -0.15) is 0 Å². The van der Waals surface area contributed by atoms with Gasteiger partial charge in [-0.25, -0.2) is 9.37 Å². The number of benzene rings is 2. The maximum Gasteiger partial charge on any atom is 0.124 e. The number of likely N-dealkylation sites (tertiary alicyclic amines) is 1. The van der Waals surface area contributed by atoms with E-state index in [0.29, 0.717) is 0 Å². The number of rotatable bonds is 6. The molecule has 0 radical (unpaired) electrons. The van der Waals surface area contributed by atoms with Gasteiger partial charge < -0.3 is 9.53 Å². The van der Waals surface area contributed by atoms with Crippen molar-refractivity contribution in [3.8, 4) is 5.75 Å². The lowest BCUT2D eigenvalue weighted by Gasteiger charge is -2.37. The van der Waals surface area contributed by atoms with E-state index < -0.39 is 0 Å². The molecule has 2 unspecified atom stereocenters. The summed E-state index contributed by atoms with van der Waals surface area (Å²) in [4.78, 5) is 18.6. The van der Waals surface area contributed by atoms with Crippen molar-refractivity contribution >= 4 is 27.8 Å². The Morgan fingerprint density at radius 2 is 2.11 bits per heavy atom. The van der Waals surface area contributed by atoms with Gasteiger partial charge >= 0.3 is 0 Å². The molecule has 1 aliphatic rings. The maximum absolute atomic E-state index is 13.6. The van der Waals surface area contributed by atoms with Crippen molar-refractivity contribution in [2.24, 2.45) is 5.92 Å². The van der Waals surface area contributed by atoms with Crippen molar-refractivity contribution < 1.29 is 13.9 Å². The Morgan fingerprint density at radius 3 is 2.86 bits per heavy atom. The molecule has 0 saturated carbocycles. The summed E-state index contributed by atoms with van der Waals surface area (Å²) in [5.41, 5.74) is 2.08. The summed E-state index contributed by atoms with van der Waals surface area (Å²) in [6.07, 6.45) is 3.64. The number of hydrogen-bond donors (Lipinski definition) is 0. The Balaban J connectivity index is 1.54. The molecule has 1 aliphatic heterocycles. The number of halogens is 1. The highest BCUT2D eigenvalue weighted by Gasteiger charge is 2.31. The van der Waals surface area contributed by atoms with Crippen LogP contribution in [0.4, 0.5) is 4.39 Å². The van der Waals surface area contributed by atoms with Crippen LogP contribution in [-0.4, -0.2) is 36.4 Å². The van der Waals surface area contributed by atoms with Crippen molar-refractivity contribution in [2.75, 3.05) is 20.2 Å². The van der Waals surface area contributed by atoms with Crippen LogP contribution in [0.3, 0.4) is 0 Å². The number of aromatic nitrogens is 1. The van der Waals surface area contributed by atoms with Crippen molar-refractivity contribution in [1.82, 2.24) is 9.88 Å². The minimum absolute atomic E-state index is 0.0611. The molecule has 1 aromatic heterocycles. The van der Waals surface area contributed by atoms with E-state index in [-0.39, 0.29) is 17.8 Å². The van der Waals surface area contributed by atoms with Gasteiger partial charge in [0.15, 0.2) is 0 Å². The van der Waals surface area contributed by atoms with Gasteiger partial charge in [0.05, 0.1) is 23.4 Å². The second-order valence-corrected chi connectivity index (χ2v) is 8.30. The number of methoxy groups -OCH3 is 1. The zero-order chi connectivity index (χ0) is 19.5. The van der Waals surface area contributed by atoms with Gasteiger partial charge in [-0.3, -0.25) is 4.90 Å². The van der Waals surface area contributed by atoms with E-state index in [2.05, 4.69) is 17.0 Å². The van der Waals surface area contributed by atoms with Gasteiger partial charge in [0.1, 0.15) is 22.9 Å². The van der Waals surface area contributed by atoms with Crippen LogP contribution >= 0.6 is 11.3 Å². The quantitative estimate of drug-likeness (QED) is 0.568. The summed E-state index contributed by atoms with van der Waals surface area (Å²) in [6, 6.07) is 13.0. The molecule has 1 saturated heterocycles. The topological polar surface area (TPSA) is 42.4 Å². The first-order chi connectivity index (χ1) is 13.7. The zero-order valence-corrected chi connectivity index (χ0v) is 16.6. The summed E-state index contributed by atoms with van der Waals surface area (Å²) < 4.78 is 19.6. The van der Waals surface area contributed by atoms with E-state index in [1.165, 1.54) is 29.0 Å². The molecule has 4 nitrogen and oxygen atoms in total. The number of thiazole rings is 1. The average molecular weight is 399 g/mol. The molecular weight excluding hydrogens is 375 g/mol. The molecule has 1 fully saturated rings. The highest BCUT2D eigenvalue weighted by molar-refractivity contribution is 7.18. The second-order valence-electron chi connectivity index (χ2n) is 7.23. The molecule has 146 valence electrons. The fourth-order valence-corrected chi connectivity index (χ4v) is 4.95. The summed E-state index contributed by atoms with van der Waals surface area (Å²) in [5.74, 6) is 0.676. The smallest absolute Gasteiger partial charge is 0.124 e. The lowest BCUT2D eigenvalue weighted by molar-refractivity contribution is -0.113. The van der Waals surface area contributed by atoms with Gasteiger partial charge in [0.25, 0.3) is 0 Å². The Hall–Kier alpha value is -2.31. The number of fused-ring (bicyclic) bond motifs is 1. The molecule has 2 atom stereocenters. The van der Waals surface area contributed by atoms with E-state index in [9.17, 15) is 9.18 Å². The van der Waals surface area contributed by atoms with Crippen LogP contribution in [0.15, 0.2) is 42.5 Å². The third-order valence-corrected chi connectivity index (χ3v) is 6.56. The molecule has 0 spiro atoms. The van der Waals surface area contributed by atoms with Gasteiger partial charge in [0.2, 0.25) is 0 Å². The van der Waals surface area contributed by atoms with Crippen LogP contribution in [0.5, 0.6) is 5.75 Å². The Bertz CT molecular complexity index is 957. The number of carbonyl (C=O) groups is 1. The largest absolute Gasteiger partial charge is 0.497 e. The Labute approximate surface area is 168 Å². The molecule has 2 heterocycles. The first kappa shape index (κ1) is 19.0. The number of hydrogen-bond acceptors (Lipinski definition) is 5. The van der Waals surface area contributed by atoms with Gasteiger partial charge in [-0.15, -0.1) is 11.3 Å². The summed E-state index contributed by atoms with van der Waals surface area (Å²) >= 11 is 1.54. The first-order valence-corrected chi connectivity index (χ1v) is 10.4. The van der Waals surface area contributed by atoms with E-state index >= 15 is 0 Å². The van der Waals surface area contributed by atoms with E-state index in [0.717, 1.165) is 59.6 Å². The van der Waals surface area contributed by atoms with Crippen molar-refractivity contribution in [3.05, 3.63) is 58.9 Å². The van der Waals surface area contributed by atoms with Crippen molar-refractivity contribution in [1.29, 1.82) is 0 Å². The summed E-state index contributed by atoms with van der Waals surface area (Å²) in [5, 5.41) is 0.974. The third-order valence-electron chi connectivity index (χ3n) is 5.45. The van der Waals surface area contributed by atoms with Gasteiger partial charge in [0, 0.05) is 12.5 Å². The molecule has 3 aromatic rings. The van der Waals surface area contributed by atoms with Crippen LogP contribution < -0.4 is 4.74 Å². The second kappa shape index (κ2) is 8.37. The molecule has 0 bridgehead atoms. The first-order valence-electron chi connectivity index (χ1n) is 9.54. The van der Waals surface area contributed by atoms with Crippen LogP contribution in [0, 0.1) is 11.7 Å². The molecule has 2 aromatic carbocycles. The van der Waals surface area contributed by atoms with Gasteiger partial charge in [-0.1, -0.05) is 12.1 Å². The Kier molecular flexibility index (Phi) is 5.69. The molecule has 0 amide bonds. The van der Waals surface area contributed by atoms with Crippen molar-refractivity contribution in [3.63, 3.8) is 0 Å². The fraction of sp³-hybridized carbons (Fsp3) is 0.364. The predicted octanol–water partition coefficient (Wildman–Crippen LogP) is 4.64. The number of ether oxygens (including phenoxy) is 1. The lowest BCUT2D eigenvalue weighted by atomic mass is 9.92. The Morgan fingerprint density at radius 1 is 1.29 bits per heavy atom. The number of carbonyl (C=O) groups excluding carboxylic acids is 1. The minimum atomic E-state index is -0.242. The van der Waals surface area contributed by atoms with E-state index in [1.54, 1.807) is 13.2 Å².